The molecule has 0 amide bonds. The van der Waals surface area contributed by atoms with Gasteiger partial charge in [0.25, 0.3) is 0 Å². The van der Waals surface area contributed by atoms with E-state index in [1.54, 1.807) is 12.1 Å². The Morgan fingerprint density at radius 2 is 2.12 bits per heavy atom. The fourth-order valence-electron chi connectivity index (χ4n) is 1.64. The second kappa shape index (κ2) is 8.07. The highest BCUT2D eigenvalue weighted by Gasteiger charge is 2.00. The summed E-state index contributed by atoms with van der Waals surface area (Å²) >= 11 is 0. The molecule has 3 heteroatoms. The Kier molecular flexibility index (Phi) is 6.63. The molecule has 0 aliphatic heterocycles. The molecule has 0 bridgehead atoms. The van der Waals surface area contributed by atoms with E-state index in [0.29, 0.717) is 24.4 Å². The van der Waals surface area contributed by atoms with Gasteiger partial charge in [0.2, 0.25) is 0 Å². The van der Waals surface area contributed by atoms with E-state index < -0.39 is 0 Å². The van der Waals surface area contributed by atoms with Gasteiger partial charge < -0.3 is 9.15 Å². The highest BCUT2D eigenvalue weighted by atomic mass is 16.5. The molecule has 0 radical (unpaired) electrons. The van der Waals surface area contributed by atoms with Crippen LogP contribution in [0.25, 0.3) is 0 Å². The molecule has 3 nitrogen and oxygen atoms in total. The largest absolute Gasteiger partial charge is 0.456 e. The smallest absolute Gasteiger partial charge is 0.185 e. The number of carbonyl (C=O) groups is 1. The molecule has 0 saturated carbocycles. The van der Waals surface area contributed by atoms with Gasteiger partial charge in [0, 0.05) is 6.61 Å². The molecule has 1 heterocycles. The van der Waals surface area contributed by atoms with E-state index in [-0.39, 0.29) is 0 Å². The fraction of sp³-hybridized carbons (Fsp3) is 0.643. The molecule has 1 rings (SSSR count). The van der Waals surface area contributed by atoms with Gasteiger partial charge in [-0.25, -0.2) is 0 Å². The monoisotopic (exact) mass is 238 g/mol. The second-order valence-corrected chi connectivity index (χ2v) is 4.72. The minimum absolute atomic E-state index is 0.362. The Balaban J connectivity index is 1.99. The first-order chi connectivity index (χ1) is 8.22. The first kappa shape index (κ1) is 14.0. The van der Waals surface area contributed by atoms with E-state index >= 15 is 0 Å². The average Bonchev–Trinajstić information content (AvgIpc) is 2.75. The third kappa shape index (κ3) is 6.27. The summed E-state index contributed by atoms with van der Waals surface area (Å²) in [5, 5.41) is 0. The zero-order valence-electron chi connectivity index (χ0n) is 10.8. The Morgan fingerprint density at radius 3 is 2.76 bits per heavy atom. The van der Waals surface area contributed by atoms with Gasteiger partial charge in [0.15, 0.2) is 12.0 Å². The average molecular weight is 238 g/mol. The number of aldehydes is 1. The quantitative estimate of drug-likeness (QED) is 0.485. The van der Waals surface area contributed by atoms with Crippen LogP contribution in [-0.4, -0.2) is 12.9 Å². The Morgan fingerprint density at radius 1 is 1.29 bits per heavy atom. The molecule has 17 heavy (non-hydrogen) atoms. The molecule has 0 fully saturated rings. The van der Waals surface area contributed by atoms with Gasteiger partial charge in [-0.05, 0) is 24.5 Å². The van der Waals surface area contributed by atoms with Crippen LogP contribution in [0.3, 0.4) is 0 Å². The summed E-state index contributed by atoms with van der Waals surface area (Å²) < 4.78 is 10.7. The van der Waals surface area contributed by atoms with Crippen molar-refractivity contribution in [3.05, 3.63) is 23.7 Å². The number of unbranched alkanes of at least 4 members (excludes halogenated alkanes) is 2. The van der Waals surface area contributed by atoms with Gasteiger partial charge in [0.05, 0.1) is 0 Å². The molecule has 0 aromatic carbocycles. The summed E-state index contributed by atoms with van der Waals surface area (Å²) in [7, 11) is 0. The van der Waals surface area contributed by atoms with E-state index in [2.05, 4.69) is 13.8 Å². The predicted molar refractivity (Wildman–Crippen MR) is 67.1 cm³/mol. The Hall–Kier alpha value is -1.09. The second-order valence-electron chi connectivity index (χ2n) is 4.72. The number of hydrogen-bond donors (Lipinski definition) is 0. The molecule has 0 unspecified atom stereocenters. The maximum atomic E-state index is 10.4. The number of ether oxygens (including phenoxy) is 1. The highest BCUT2D eigenvalue weighted by molar-refractivity contribution is 5.70. The first-order valence-electron chi connectivity index (χ1n) is 6.34. The van der Waals surface area contributed by atoms with Crippen molar-refractivity contribution in [1.29, 1.82) is 0 Å². The lowest BCUT2D eigenvalue weighted by Gasteiger charge is -2.04. The van der Waals surface area contributed by atoms with Crippen molar-refractivity contribution in [2.45, 2.75) is 46.1 Å². The van der Waals surface area contributed by atoms with Gasteiger partial charge in [-0.1, -0.05) is 33.1 Å². The molecule has 96 valence electrons. The molecule has 1 aromatic rings. The molecule has 0 saturated heterocycles. The summed E-state index contributed by atoms with van der Waals surface area (Å²) in [6.45, 7) is 5.71. The summed E-state index contributed by atoms with van der Waals surface area (Å²) in [6.07, 6.45) is 5.58. The lowest BCUT2D eigenvalue weighted by molar-refractivity contribution is 0.0985. The van der Waals surface area contributed by atoms with Crippen LogP contribution in [0.15, 0.2) is 16.5 Å². The van der Waals surface area contributed by atoms with E-state index in [0.717, 1.165) is 18.9 Å². The third-order valence-corrected chi connectivity index (χ3v) is 2.61. The summed E-state index contributed by atoms with van der Waals surface area (Å²) in [6, 6.07) is 3.44. The molecule has 0 spiro atoms. The van der Waals surface area contributed by atoms with Crippen LogP contribution in [0.4, 0.5) is 0 Å². The zero-order chi connectivity index (χ0) is 12.5. The van der Waals surface area contributed by atoms with Crippen LogP contribution in [0.2, 0.25) is 0 Å². The maximum absolute atomic E-state index is 10.4. The van der Waals surface area contributed by atoms with Crippen LogP contribution in [0.5, 0.6) is 0 Å². The zero-order valence-corrected chi connectivity index (χ0v) is 10.8. The van der Waals surface area contributed by atoms with Crippen LogP contribution in [0.1, 0.15) is 55.8 Å². The lowest BCUT2D eigenvalue weighted by atomic mass is 10.1. The van der Waals surface area contributed by atoms with E-state index in [9.17, 15) is 4.79 Å². The van der Waals surface area contributed by atoms with Crippen molar-refractivity contribution in [2.75, 3.05) is 6.61 Å². The fourth-order valence-corrected chi connectivity index (χ4v) is 1.64. The minimum atomic E-state index is 0.362. The number of carbonyl (C=O) groups excluding carboxylic acids is 1. The molecular formula is C14H22O3. The summed E-state index contributed by atoms with van der Waals surface area (Å²) in [4.78, 5) is 10.4. The normalized spacial score (nSPS) is 11.0. The Bertz CT molecular complexity index is 315. The van der Waals surface area contributed by atoms with Crippen molar-refractivity contribution in [2.24, 2.45) is 5.92 Å². The topological polar surface area (TPSA) is 39.4 Å². The molecule has 0 aliphatic rings. The summed E-state index contributed by atoms with van der Waals surface area (Å²) in [5.74, 6) is 1.87. The SMILES string of the molecule is CC(C)CCCCCOCc1ccc(C=O)o1. The van der Waals surface area contributed by atoms with Gasteiger partial charge in [0.1, 0.15) is 12.4 Å². The summed E-state index contributed by atoms with van der Waals surface area (Å²) in [5.41, 5.74) is 0. The molecule has 0 aliphatic carbocycles. The number of furan rings is 1. The van der Waals surface area contributed by atoms with Crippen molar-refractivity contribution in [3.8, 4) is 0 Å². The number of rotatable bonds is 9. The van der Waals surface area contributed by atoms with Gasteiger partial charge >= 0.3 is 0 Å². The first-order valence-corrected chi connectivity index (χ1v) is 6.34. The van der Waals surface area contributed by atoms with E-state index in [1.165, 1.54) is 19.3 Å². The maximum Gasteiger partial charge on any atom is 0.185 e. The third-order valence-electron chi connectivity index (χ3n) is 2.61. The van der Waals surface area contributed by atoms with E-state index in [4.69, 9.17) is 9.15 Å². The van der Waals surface area contributed by atoms with Crippen molar-refractivity contribution < 1.29 is 13.9 Å². The highest BCUT2D eigenvalue weighted by Crippen LogP contribution is 2.10. The lowest BCUT2D eigenvalue weighted by Crippen LogP contribution is -1.95. The van der Waals surface area contributed by atoms with Crippen LogP contribution in [0, 0.1) is 5.92 Å². The van der Waals surface area contributed by atoms with Crippen LogP contribution < -0.4 is 0 Å². The van der Waals surface area contributed by atoms with Gasteiger partial charge in [-0.2, -0.15) is 0 Å². The standard InChI is InChI=1S/C14H22O3/c1-12(2)6-4-3-5-9-16-11-14-8-7-13(10-15)17-14/h7-8,10,12H,3-6,9,11H2,1-2H3. The van der Waals surface area contributed by atoms with Gasteiger partial charge in [-0.15, -0.1) is 0 Å². The minimum Gasteiger partial charge on any atom is -0.456 e. The molecule has 1 aromatic heterocycles. The van der Waals surface area contributed by atoms with Crippen LogP contribution in [-0.2, 0) is 11.3 Å². The molecule has 0 atom stereocenters. The van der Waals surface area contributed by atoms with Crippen molar-refractivity contribution >= 4 is 6.29 Å². The van der Waals surface area contributed by atoms with E-state index in [1.807, 2.05) is 0 Å². The van der Waals surface area contributed by atoms with Crippen molar-refractivity contribution in [3.63, 3.8) is 0 Å². The van der Waals surface area contributed by atoms with Gasteiger partial charge in [-0.3, -0.25) is 4.79 Å². The predicted octanol–water partition coefficient (Wildman–Crippen LogP) is 3.83. The molecular weight excluding hydrogens is 216 g/mol. The van der Waals surface area contributed by atoms with Crippen molar-refractivity contribution in [1.82, 2.24) is 0 Å². The molecule has 0 N–H and O–H groups in total. The number of hydrogen-bond acceptors (Lipinski definition) is 3. The van der Waals surface area contributed by atoms with Crippen LogP contribution >= 0.6 is 0 Å². The Labute approximate surface area is 103 Å².